The molecule has 0 fully saturated rings. The van der Waals surface area contributed by atoms with Crippen LogP contribution in [0.2, 0.25) is 0 Å². The predicted octanol–water partition coefficient (Wildman–Crippen LogP) is 10.00. The Morgan fingerprint density at radius 3 is 1.50 bits per heavy atom. The fraction of sp³-hybridized carbons (Fsp3) is 0. The number of benzene rings is 7. The van der Waals surface area contributed by atoms with Gasteiger partial charge in [-0.3, -0.25) is 0 Å². The van der Waals surface area contributed by atoms with E-state index in [2.05, 4.69) is 115 Å². The van der Waals surface area contributed by atoms with Gasteiger partial charge in [0.2, 0.25) is 0 Å². The second kappa shape index (κ2) is 10.1. The van der Waals surface area contributed by atoms with Crippen LogP contribution < -0.4 is 0 Å². The molecule has 8 aromatic rings. The van der Waals surface area contributed by atoms with Crippen LogP contribution in [-0.2, 0) is 0 Å². The average molecular weight is 536 g/mol. The van der Waals surface area contributed by atoms with Crippen molar-refractivity contribution in [2.75, 3.05) is 0 Å². The van der Waals surface area contributed by atoms with Gasteiger partial charge < -0.3 is 0 Å². The molecule has 3 nitrogen and oxygen atoms in total. The SMILES string of the molecule is c1ccc(-c2cccc(-c3nc(-c4ccccc4)nc(-c4ccc5ccc6c7ccccc7ccc6c5c4)n3)c2)cc1. The van der Waals surface area contributed by atoms with Crippen LogP contribution in [-0.4, -0.2) is 15.0 Å². The van der Waals surface area contributed by atoms with Crippen molar-refractivity contribution in [3.63, 3.8) is 0 Å². The monoisotopic (exact) mass is 535 g/mol. The summed E-state index contributed by atoms with van der Waals surface area (Å²) in [5.41, 5.74) is 5.16. The molecule has 0 unspecified atom stereocenters. The van der Waals surface area contributed by atoms with Crippen LogP contribution in [0.1, 0.15) is 0 Å². The molecule has 0 saturated carbocycles. The third kappa shape index (κ3) is 4.29. The molecule has 0 bridgehead atoms. The molecule has 0 radical (unpaired) electrons. The van der Waals surface area contributed by atoms with Crippen LogP contribution in [0, 0.1) is 0 Å². The Hall–Kier alpha value is -5.67. The van der Waals surface area contributed by atoms with Gasteiger partial charge in [0.15, 0.2) is 17.5 Å². The maximum absolute atomic E-state index is 5.05. The summed E-state index contributed by atoms with van der Waals surface area (Å²) in [6, 6.07) is 52.9. The lowest BCUT2D eigenvalue weighted by Crippen LogP contribution is -2.00. The summed E-state index contributed by atoms with van der Waals surface area (Å²) in [4.78, 5) is 15.0. The molecular weight excluding hydrogens is 510 g/mol. The van der Waals surface area contributed by atoms with Gasteiger partial charge in [-0.1, -0.05) is 140 Å². The van der Waals surface area contributed by atoms with Gasteiger partial charge >= 0.3 is 0 Å². The second-order valence-electron chi connectivity index (χ2n) is 10.5. The Kier molecular flexibility index (Phi) is 5.79. The Labute approximate surface area is 243 Å². The zero-order chi connectivity index (χ0) is 27.9. The molecule has 0 aliphatic heterocycles. The lowest BCUT2D eigenvalue weighted by molar-refractivity contribution is 1.07. The summed E-state index contributed by atoms with van der Waals surface area (Å²) >= 11 is 0. The molecule has 0 aliphatic rings. The Balaban J connectivity index is 1.33. The van der Waals surface area contributed by atoms with Crippen molar-refractivity contribution >= 4 is 32.3 Å². The molecule has 0 atom stereocenters. The third-order valence-electron chi connectivity index (χ3n) is 7.90. The van der Waals surface area contributed by atoms with Crippen LogP contribution in [0.15, 0.2) is 152 Å². The molecule has 8 rings (SSSR count). The number of nitrogens with zero attached hydrogens (tertiary/aromatic N) is 3. The van der Waals surface area contributed by atoms with Gasteiger partial charge in [-0.15, -0.1) is 0 Å². The van der Waals surface area contributed by atoms with E-state index < -0.39 is 0 Å². The van der Waals surface area contributed by atoms with Crippen molar-refractivity contribution < 1.29 is 0 Å². The van der Waals surface area contributed by atoms with E-state index in [1.54, 1.807) is 0 Å². The van der Waals surface area contributed by atoms with Crippen molar-refractivity contribution in [1.29, 1.82) is 0 Å². The summed E-state index contributed by atoms with van der Waals surface area (Å²) in [5.74, 6) is 1.97. The first-order valence-electron chi connectivity index (χ1n) is 14.1. The molecule has 42 heavy (non-hydrogen) atoms. The highest BCUT2D eigenvalue weighted by atomic mass is 15.0. The number of hydrogen-bond acceptors (Lipinski definition) is 3. The molecule has 196 valence electrons. The zero-order valence-corrected chi connectivity index (χ0v) is 22.8. The lowest BCUT2D eigenvalue weighted by atomic mass is 9.96. The van der Waals surface area contributed by atoms with Crippen molar-refractivity contribution in [2.45, 2.75) is 0 Å². The molecule has 0 N–H and O–H groups in total. The molecular formula is C39H25N3. The Bertz CT molecular complexity index is 2240. The van der Waals surface area contributed by atoms with Crippen LogP contribution in [0.25, 0.3) is 77.6 Å². The summed E-state index contributed by atoms with van der Waals surface area (Å²) < 4.78 is 0. The third-order valence-corrected chi connectivity index (χ3v) is 7.90. The highest BCUT2D eigenvalue weighted by Crippen LogP contribution is 2.34. The summed E-state index contributed by atoms with van der Waals surface area (Å²) in [7, 11) is 0. The Morgan fingerprint density at radius 2 is 0.762 bits per heavy atom. The van der Waals surface area contributed by atoms with Crippen LogP contribution in [0.3, 0.4) is 0 Å². The molecule has 0 aliphatic carbocycles. The lowest BCUT2D eigenvalue weighted by Gasteiger charge is -2.11. The molecule has 1 aromatic heterocycles. The molecule has 1 heterocycles. The van der Waals surface area contributed by atoms with Crippen molar-refractivity contribution in [3.8, 4) is 45.3 Å². The average Bonchev–Trinajstić information content (AvgIpc) is 3.08. The molecule has 7 aromatic carbocycles. The van der Waals surface area contributed by atoms with Crippen molar-refractivity contribution in [1.82, 2.24) is 15.0 Å². The highest BCUT2D eigenvalue weighted by molar-refractivity contribution is 6.17. The maximum Gasteiger partial charge on any atom is 0.164 e. The standard InChI is InChI=1S/C39H25N3/c1-3-10-26(11-4-1)30-15-9-16-31(24-30)38-40-37(29-13-5-2-6-14-29)41-39(42-38)32-19-18-28-21-22-34-33-17-8-7-12-27(33)20-23-35(34)36(28)25-32/h1-25H. The van der Waals surface area contributed by atoms with E-state index in [-0.39, 0.29) is 0 Å². The smallest absolute Gasteiger partial charge is 0.164 e. The van der Waals surface area contributed by atoms with Gasteiger partial charge in [-0.2, -0.15) is 0 Å². The number of rotatable bonds is 4. The van der Waals surface area contributed by atoms with Gasteiger partial charge in [0.1, 0.15) is 0 Å². The van der Waals surface area contributed by atoms with E-state index in [0.717, 1.165) is 27.8 Å². The number of fused-ring (bicyclic) bond motifs is 5. The first kappa shape index (κ1) is 24.2. The Morgan fingerprint density at radius 1 is 0.262 bits per heavy atom. The zero-order valence-electron chi connectivity index (χ0n) is 22.8. The van der Waals surface area contributed by atoms with Crippen LogP contribution >= 0.6 is 0 Å². The summed E-state index contributed by atoms with van der Waals surface area (Å²) in [6.07, 6.45) is 0. The van der Waals surface area contributed by atoms with E-state index in [4.69, 9.17) is 15.0 Å². The first-order valence-corrected chi connectivity index (χ1v) is 14.1. The fourth-order valence-corrected chi connectivity index (χ4v) is 5.78. The van der Waals surface area contributed by atoms with E-state index >= 15 is 0 Å². The van der Waals surface area contributed by atoms with E-state index in [9.17, 15) is 0 Å². The number of hydrogen-bond donors (Lipinski definition) is 0. The van der Waals surface area contributed by atoms with Gasteiger partial charge in [0, 0.05) is 16.7 Å². The van der Waals surface area contributed by atoms with Gasteiger partial charge in [0.25, 0.3) is 0 Å². The van der Waals surface area contributed by atoms with Crippen molar-refractivity contribution in [2.24, 2.45) is 0 Å². The summed E-state index contributed by atoms with van der Waals surface area (Å²) in [6.45, 7) is 0. The minimum Gasteiger partial charge on any atom is -0.208 e. The molecule has 0 spiro atoms. The summed E-state index contributed by atoms with van der Waals surface area (Å²) in [5, 5.41) is 7.35. The normalized spacial score (nSPS) is 11.3. The predicted molar refractivity (Wildman–Crippen MR) is 174 cm³/mol. The van der Waals surface area contributed by atoms with Crippen molar-refractivity contribution in [3.05, 3.63) is 152 Å². The van der Waals surface area contributed by atoms with E-state index in [0.29, 0.717) is 17.5 Å². The maximum atomic E-state index is 5.05. The fourth-order valence-electron chi connectivity index (χ4n) is 5.78. The second-order valence-corrected chi connectivity index (χ2v) is 10.5. The van der Waals surface area contributed by atoms with Gasteiger partial charge in [-0.25, -0.2) is 15.0 Å². The van der Waals surface area contributed by atoms with Gasteiger partial charge in [-0.05, 0) is 55.6 Å². The molecule has 3 heteroatoms. The van der Waals surface area contributed by atoms with Crippen LogP contribution in [0.5, 0.6) is 0 Å². The molecule has 0 amide bonds. The highest BCUT2D eigenvalue weighted by Gasteiger charge is 2.14. The largest absolute Gasteiger partial charge is 0.208 e. The van der Waals surface area contributed by atoms with E-state index in [1.165, 1.54) is 32.3 Å². The first-order chi connectivity index (χ1) is 20.8. The van der Waals surface area contributed by atoms with Gasteiger partial charge in [0.05, 0.1) is 0 Å². The van der Waals surface area contributed by atoms with Crippen LogP contribution in [0.4, 0.5) is 0 Å². The minimum absolute atomic E-state index is 0.653. The topological polar surface area (TPSA) is 38.7 Å². The molecule has 0 saturated heterocycles. The van der Waals surface area contributed by atoms with E-state index in [1.807, 2.05) is 36.4 Å². The minimum atomic E-state index is 0.653. The quantitative estimate of drug-likeness (QED) is 0.211. The number of aromatic nitrogens is 3.